The molecule has 1 heterocycles. The zero-order valence-electron chi connectivity index (χ0n) is 21.1. The number of benzene rings is 1. The Kier molecular flexibility index (Phi) is 10.0. The average Bonchev–Trinajstić information content (AvgIpc) is 3.07. The van der Waals surface area contributed by atoms with E-state index < -0.39 is 60.0 Å². The monoisotopic (exact) mass is 504 g/mol. The van der Waals surface area contributed by atoms with Crippen LogP contribution in [-0.4, -0.2) is 73.2 Å². The molecule has 0 amide bonds. The van der Waals surface area contributed by atoms with Gasteiger partial charge in [0.2, 0.25) is 5.60 Å². The highest BCUT2D eigenvalue weighted by Crippen LogP contribution is 2.38. The van der Waals surface area contributed by atoms with Gasteiger partial charge in [-0.1, -0.05) is 36.3 Å². The molecule has 10 heteroatoms. The fourth-order valence-corrected chi connectivity index (χ4v) is 4.05. The van der Waals surface area contributed by atoms with E-state index in [4.69, 9.17) is 34.8 Å². The topological polar surface area (TPSA) is 124 Å². The van der Waals surface area contributed by atoms with E-state index in [1.807, 2.05) is 0 Å². The van der Waals surface area contributed by atoms with E-state index in [9.17, 15) is 19.2 Å². The van der Waals surface area contributed by atoms with Crippen LogP contribution in [0.1, 0.15) is 40.2 Å². The highest BCUT2D eigenvalue weighted by Gasteiger charge is 2.61. The lowest BCUT2D eigenvalue weighted by Crippen LogP contribution is -2.57. The highest BCUT2D eigenvalue weighted by atomic mass is 16.7. The van der Waals surface area contributed by atoms with Crippen molar-refractivity contribution in [1.82, 2.24) is 0 Å². The first-order chi connectivity index (χ1) is 17.1. The third kappa shape index (κ3) is 6.22. The molecule has 1 saturated heterocycles. The number of hydrogen-bond donors (Lipinski definition) is 0. The largest absolute Gasteiger partial charge is 0.463 e. The maximum absolute atomic E-state index is 13.2. The summed E-state index contributed by atoms with van der Waals surface area (Å²) in [6, 6.07) is 8.69. The van der Waals surface area contributed by atoms with Crippen molar-refractivity contribution in [2.24, 2.45) is 0 Å². The van der Waals surface area contributed by atoms with Gasteiger partial charge in [0.05, 0.1) is 25.9 Å². The minimum absolute atomic E-state index is 0.0225. The number of carbonyl (C=O) groups excluding carboxylic acids is 4. The Morgan fingerprint density at radius 3 is 2.08 bits per heavy atom. The predicted octanol–water partition coefficient (Wildman–Crippen LogP) is 1.76. The molecule has 0 N–H and O–H groups in total. The number of ether oxygens (including phenoxy) is 6. The lowest BCUT2D eigenvalue weighted by atomic mass is 9.90. The molecule has 36 heavy (non-hydrogen) atoms. The Labute approximate surface area is 210 Å². The van der Waals surface area contributed by atoms with E-state index in [1.165, 1.54) is 6.92 Å². The fourth-order valence-electron chi connectivity index (χ4n) is 4.05. The van der Waals surface area contributed by atoms with Crippen molar-refractivity contribution < 1.29 is 47.6 Å². The molecule has 4 atom stereocenters. The van der Waals surface area contributed by atoms with Crippen molar-refractivity contribution in [1.29, 1.82) is 0 Å². The number of carbonyl (C=O) groups is 4. The number of hydrogen-bond acceptors (Lipinski definition) is 10. The Morgan fingerprint density at radius 2 is 1.61 bits per heavy atom. The lowest BCUT2D eigenvalue weighted by Gasteiger charge is -2.35. The van der Waals surface area contributed by atoms with E-state index >= 15 is 0 Å². The summed E-state index contributed by atoms with van der Waals surface area (Å²) < 4.78 is 33.1. The van der Waals surface area contributed by atoms with Crippen LogP contribution in [0.4, 0.5) is 0 Å². The first kappa shape index (κ1) is 28.8. The highest BCUT2D eigenvalue weighted by molar-refractivity contribution is 6.04. The van der Waals surface area contributed by atoms with Gasteiger partial charge in [0.25, 0.3) is 5.60 Å². The van der Waals surface area contributed by atoms with Gasteiger partial charge in [-0.2, -0.15) is 0 Å². The SMILES string of the molecule is C#C[C@@]1(OC(C)=O)[C@@H](COC(Cc2ccccc2)(C(=O)OCC)C(=O)OCC)OC(C)[C@@H]1OC(C)=O. The third-order valence-corrected chi connectivity index (χ3v) is 5.52. The van der Waals surface area contributed by atoms with Crippen molar-refractivity contribution in [3.63, 3.8) is 0 Å². The zero-order chi connectivity index (χ0) is 26.9. The van der Waals surface area contributed by atoms with Crippen LogP contribution >= 0.6 is 0 Å². The van der Waals surface area contributed by atoms with Crippen molar-refractivity contribution in [2.45, 2.75) is 70.6 Å². The van der Waals surface area contributed by atoms with E-state index in [0.717, 1.165) is 6.92 Å². The normalized spacial score (nSPS) is 23.3. The molecule has 1 unspecified atom stereocenters. The van der Waals surface area contributed by atoms with Crippen LogP contribution in [0.5, 0.6) is 0 Å². The number of terminal acetylenes is 1. The summed E-state index contributed by atoms with van der Waals surface area (Å²) in [6.07, 6.45) is 2.40. The second kappa shape index (κ2) is 12.5. The smallest absolute Gasteiger partial charge is 0.350 e. The van der Waals surface area contributed by atoms with Crippen molar-refractivity contribution >= 4 is 23.9 Å². The molecular weight excluding hydrogens is 472 g/mol. The van der Waals surface area contributed by atoms with Crippen molar-refractivity contribution in [3.05, 3.63) is 35.9 Å². The molecule has 1 aliphatic heterocycles. The summed E-state index contributed by atoms with van der Waals surface area (Å²) in [5.74, 6) is -0.964. The van der Waals surface area contributed by atoms with Crippen LogP contribution in [-0.2, 0) is 54.0 Å². The van der Waals surface area contributed by atoms with Crippen LogP contribution in [0, 0.1) is 12.3 Å². The molecule has 1 aromatic carbocycles. The first-order valence-corrected chi connectivity index (χ1v) is 11.6. The molecule has 196 valence electrons. The van der Waals surface area contributed by atoms with Gasteiger partial charge in [-0.05, 0) is 26.3 Å². The Hall–Kier alpha value is -3.42. The molecule has 2 rings (SSSR count). The van der Waals surface area contributed by atoms with Crippen LogP contribution in [0.25, 0.3) is 0 Å². The molecule has 10 nitrogen and oxygen atoms in total. The van der Waals surface area contributed by atoms with Gasteiger partial charge in [-0.25, -0.2) is 9.59 Å². The second-order valence-electron chi connectivity index (χ2n) is 8.13. The molecule has 1 aromatic rings. The molecule has 1 fully saturated rings. The van der Waals surface area contributed by atoms with Gasteiger partial charge in [0.15, 0.2) is 6.10 Å². The standard InChI is InChI=1S/C26H32O10/c1-7-25(36-19(6)28)21(34-17(4)22(25)35-18(5)27)16-33-26(23(29)31-8-2,24(30)32-9-3)15-20-13-11-10-12-14-20/h1,10-14,17,21-22H,8-9,15-16H2,2-6H3/t17?,21-,22+,25-/m1/s1. The Morgan fingerprint density at radius 1 is 1.03 bits per heavy atom. The van der Waals surface area contributed by atoms with E-state index in [0.29, 0.717) is 5.56 Å². The maximum Gasteiger partial charge on any atom is 0.350 e. The molecule has 0 saturated carbocycles. The summed E-state index contributed by atoms with van der Waals surface area (Å²) in [6.45, 7) is 6.54. The van der Waals surface area contributed by atoms with Crippen molar-refractivity contribution in [2.75, 3.05) is 19.8 Å². The summed E-state index contributed by atoms with van der Waals surface area (Å²) in [5, 5.41) is 0. The Balaban J connectivity index is 2.51. The third-order valence-electron chi connectivity index (χ3n) is 5.52. The van der Waals surface area contributed by atoms with Gasteiger partial charge in [-0.3, -0.25) is 9.59 Å². The minimum atomic E-state index is -2.21. The fraction of sp³-hybridized carbons (Fsp3) is 0.538. The van der Waals surface area contributed by atoms with Gasteiger partial charge >= 0.3 is 23.9 Å². The van der Waals surface area contributed by atoms with Crippen LogP contribution in [0.3, 0.4) is 0 Å². The van der Waals surface area contributed by atoms with E-state index in [1.54, 1.807) is 51.1 Å². The zero-order valence-corrected chi connectivity index (χ0v) is 21.1. The molecule has 1 aliphatic rings. The summed E-state index contributed by atoms with van der Waals surface area (Å²) in [4.78, 5) is 50.1. The summed E-state index contributed by atoms with van der Waals surface area (Å²) >= 11 is 0. The molecule has 0 aliphatic carbocycles. The first-order valence-electron chi connectivity index (χ1n) is 11.6. The lowest BCUT2D eigenvalue weighted by molar-refractivity contribution is -0.200. The molecule has 0 radical (unpaired) electrons. The van der Waals surface area contributed by atoms with Gasteiger partial charge in [0.1, 0.15) is 6.10 Å². The van der Waals surface area contributed by atoms with Gasteiger partial charge < -0.3 is 28.4 Å². The van der Waals surface area contributed by atoms with Crippen molar-refractivity contribution in [3.8, 4) is 12.3 Å². The van der Waals surface area contributed by atoms with E-state index in [2.05, 4.69) is 5.92 Å². The summed E-state index contributed by atoms with van der Waals surface area (Å²) in [5.41, 5.74) is -3.49. The molecule has 0 bridgehead atoms. The molecular formula is C26H32O10. The molecule has 0 aromatic heterocycles. The minimum Gasteiger partial charge on any atom is -0.463 e. The number of rotatable bonds is 11. The van der Waals surface area contributed by atoms with Crippen LogP contribution < -0.4 is 0 Å². The summed E-state index contributed by atoms with van der Waals surface area (Å²) in [7, 11) is 0. The average molecular weight is 505 g/mol. The maximum atomic E-state index is 13.2. The second-order valence-corrected chi connectivity index (χ2v) is 8.13. The van der Waals surface area contributed by atoms with E-state index in [-0.39, 0.29) is 19.6 Å². The predicted molar refractivity (Wildman–Crippen MR) is 125 cm³/mol. The van der Waals surface area contributed by atoms with Gasteiger partial charge in [0, 0.05) is 20.3 Å². The number of esters is 4. The Bertz CT molecular complexity index is 964. The quantitative estimate of drug-likeness (QED) is 0.191. The molecule has 0 spiro atoms. The van der Waals surface area contributed by atoms with Crippen LogP contribution in [0.15, 0.2) is 30.3 Å². The van der Waals surface area contributed by atoms with Crippen LogP contribution in [0.2, 0.25) is 0 Å². The van der Waals surface area contributed by atoms with Gasteiger partial charge in [-0.15, -0.1) is 6.42 Å².